The standard InChI is InChI=1S/C14H29/c1-5-7-10-14(4)12-8-11-13(3)9-6-2/h8,13-14H,5-7,9-12H2,1-4H3. The fourth-order valence-electron chi connectivity index (χ4n) is 1.95. The second kappa shape index (κ2) is 9.55. The molecule has 0 aromatic carbocycles. The zero-order valence-electron chi connectivity index (χ0n) is 10.7. The van der Waals surface area contributed by atoms with Crippen LogP contribution in [0.1, 0.15) is 72.6 Å². The molecule has 0 saturated carbocycles. The fraction of sp³-hybridized carbons (Fsp3) is 0.929. The molecule has 0 nitrogen and oxygen atoms in total. The lowest BCUT2D eigenvalue weighted by Crippen LogP contribution is -1.99. The third kappa shape index (κ3) is 8.59. The van der Waals surface area contributed by atoms with E-state index in [2.05, 4.69) is 34.1 Å². The molecule has 0 fully saturated rings. The maximum absolute atomic E-state index is 2.51. The van der Waals surface area contributed by atoms with Gasteiger partial charge in [0.1, 0.15) is 0 Å². The topological polar surface area (TPSA) is 0 Å². The highest BCUT2D eigenvalue weighted by molar-refractivity contribution is 4.71. The lowest BCUT2D eigenvalue weighted by atomic mass is 9.93. The minimum absolute atomic E-state index is 0.901. The highest BCUT2D eigenvalue weighted by Crippen LogP contribution is 2.18. The number of hydrogen-bond donors (Lipinski definition) is 0. The number of unbranched alkanes of at least 4 members (excludes halogenated alkanes) is 1. The Balaban J connectivity index is 3.25. The Hall–Kier alpha value is 0. The van der Waals surface area contributed by atoms with Gasteiger partial charge in [-0.1, -0.05) is 59.8 Å². The highest BCUT2D eigenvalue weighted by Gasteiger charge is 2.04. The van der Waals surface area contributed by atoms with Crippen LogP contribution in [0.3, 0.4) is 0 Å². The molecule has 85 valence electrons. The van der Waals surface area contributed by atoms with Crippen molar-refractivity contribution in [1.29, 1.82) is 0 Å². The van der Waals surface area contributed by atoms with Crippen molar-refractivity contribution in [2.75, 3.05) is 0 Å². The first-order chi connectivity index (χ1) is 6.70. The van der Waals surface area contributed by atoms with Crippen LogP contribution in [-0.2, 0) is 0 Å². The van der Waals surface area contributed by atoms with Crippen LogP contribution in [0.2, 0.25) is 0 Å². The Bertz CT molecular complexity index is 107. The summed E-state index contributed by atoms with van der Waals surface area (Å²) in [5.74, 6) is 1.81. The van der Waals surface area contributed by atoms with Gasteiger partial charge in [0.05, 0.1) is 0 Å². The van der Waals surface area contributed by atoms with Crippen molar-refractivity contribution >= 4 is 0 Å². The molecule has 1 radical (unpaired) electrons. The van der Waals surface area contributed by atoms with E-state index in [0.29, 0.717) is 0 Å². The largest absolute Gasteiger partial charge is 0.0654 e. The molecule has 0 spiro atoms. The average Bonchev–Trinajstić information content (AvgIpc) is 2.15. The Morgan fingerprint density at radius 1 is 0.857 bits per heavy atom. The van der Waals surface area contributed by atoms with Gasteiger partial charge in [0.25, 0.3) is 0 Å². The summed E-state index contributed by atoms with van der Waals surface area (Å²) < 4.78 is 0. The predicted molar refractivity (Wildman–Crippen MR) is 66.3 cm³/mol. The van der Waals surface area contributed by atoms with Crippen LogP contribution in [0.25, 0.3) is 0 Å². The monoisotopic (exact) mass is 197 g/mol. The number of hydrogen-bond acceptors (Lipinski definition) is 0. The minimum atomic E-state index is 0.901. The molecule has 0 aliphatic heterocycles. The van der Waals surface area contributed by atoms with Crippen molar-refractivity contribution < 1.29 is 0 Å². The first-order valence-electron chi connectivity index (χ1n) is 6.52. The smallest absolute Gasteiger partial charge is 0.0381 e. The average molecular weight is 197 g/mol. The second-order valence-corrected chi connectivity index (χ2v) is 4.90. The Labute approximate surface area is 91.5 Å². The summed E-state index contributed by atoms with van der Waals surface area (Å²) in [6, 6.07) is 0. The molecule has 0 aromatic heterocycles. The van der Waals surface area contributed by atoms with Crippen LogP contribution in [-0.4, -0.2) is 0 Å². The van der Waals surface area contributed by atoms with Gasteiger partial charge in [0, 0.05) is 0 Å². The Morgan fingerprint density at radius 3 is 1.93 bits per heavy atom. The van der Waals surface area contributed by atoms with Crippen LogP contribution in [0.5, 0.6) is 0 Å². The van der Waals surface area contributed by atoms with Gasteiger partial charge in [-0.25, -0.2) is 0 Å². The first kappa shape index (κ1) is 14.0. The molecular formula is C14H29. The van der Waals surface area contributed by atoms with Gasteiger partial charge in [-0.3, -0.25) is 0 Å². The van der Waals surface area contributed by atoms with E-state index in [0.717, 1.165) is 11.8 Å². The molecule has 0 bridgehead atoms. The molecule has 0 heterocycles. The van der Waals surface area contributed by atoms with E-state index in [1.54, 1.807) is 0 Å². The van der Waals surface area contributed by atoms with Crippen molar-refractivity contribution in [3.63, 3.8) is 0 Å². The zero-order chi connectivity index (χ0) is 10.8. The zero-order valence-corrected chi connectivity index (χ0v) is 10.7. The van der Waals surface area contributed by atoms with Gasteiger partial charge < -0.3 is 0 Å². The van der Waals surface area contributed by atoms with Gasteiger partial charge in [0.2, 0.25) is 0 Å². The minimum Gasteiger partial charge on any atom is -0.0654 e. The molecular weight excluding hydrogens is 168 g/mol. The fourth-order valence-corrected chi connectivity index (χ4v) is 1.95. The van der Waals surface area contributed by atoms with Gasteiger partial charge in [0.15, 0.2) is 0 Å². The van der Waals surface area contributed by atoms with Crippen molar-refractivity contribution in [1.82, 2.24) is 0 Å². The van der Waals surface area contributed by atoms with Gasteiger partial charge >= 0.3 is 0 Å². The van der Waals surface area contributed by atoms with Crippen molar-refractivity contribution in [2.24, 2.45) is 11.8 Å². The number of rotatable bonds is 9. The van der Waals surface area contributed by atoms with Crippen molar-refractivity contribution in [2.45, 2.75) is 72.6 Å². The molecule has 0 amide bonds. The van der Waals surface area contributed by atoms with E-state index in [1.165, 1.54) is 44.9 Å². The summed E-state index contributed by atoms with van der Waals surface area (Å²) in [4.78, 5) is 0. The van der Waals surface area contributed by atoms with Crippen molar-refractivity contribution in [3.8, 4) is 0 Å². The van der Waals surface area contributed by atoms with E-state index < -0.39 is 0 Å². The van der Waals surface area contributed by atoms with Crippen LogP contribution in [0.15, 0.2) is 0 Å². The van der Waals surface area contributed by atoms with E-state index in [-0.39, 0.29) is 0 Å². The quantitative estimate of drug-likeness (QED) is 0.474. The van der Waals surface area contributed by atoms with Crippen LogP contribution in [0, 0.1) is 18.3 Å². The van der Waals surface area contributed by atoms with Crippen molar-refractivity contribution in [3.05, 3.63) is 6.42 Å². The summed E-state index contributed by atoms with van der Waals surface area (Å²) in [5.41, 5.74) is 0. The lowest BCUT2D eigenvalue weighted by molar-refractivity contribution is 0.459. The molecule has 0 aliphatic rings. The highest BCUT2D eigenvalue weighted by atomic mass is 14.1. The summed E-state index contributed by atoms with van der Waals surface area (Å²) >= 11 is 0. The van der Waals surface area contributed by atoms with Crippen LogP contribution >= 0.6 is 0 Å². The molecule has 0 saturated heterocycles. The molecule has 2 unspecified atom stereocenters. The molecule has 0 heteroatoms. The molecule has 0 rings (SSSR count). The molecule has 0 N–H and O–H groups in total. The maximum atomic E-state index is 2.51. The normalized spacial score (nSPS) is 15.4. The van der Waals surface area contributed by atoms with Crippen LogP contribution in [0.4, 0.5) is 0 Å². The first-order valence-corrected chi connectivity index (χ1v) is 6.52. The van der Waals surface area contributed by atoms with Gasteiger partial charge in [-0.05, 0) is 31.1 Å². The SMILES string of the molecule is CCCCC(C)C[CH]CC(C)CCC. The Kier molecular flexibility index (Phi) is 9.55. The molecule has 0 aliphatic carbocycles. The summed E-state index contributed by atoms with van der Waals surface area (Å²) in [6.45, 7) is 9.31. The van der Waals surface area contributed by atoms with E-state index >= 15 is 0 Å². The lowest BCUT2D eigenvalue weighted by Gasteiger charge is -2.13. The second-order valence-electron chi connectivity index (χ2n) is 4.90. The van der Waals surface area contributed by atoms with Gasteiger partial charge in [-0.2, -0.15) is 0 Å². The summed E-state index contributed by atoms with van der Waals surface area (Å²) in [6.07, 6.45) is 12.0. The maximum Gasteiger partial charge on any atom is -0.0381 e. The molecule has 14 heavy (non-hydrogen) atoms. The third-order valence-electron chi connectivity index (χ3n) is 2.97. The van der Waals surface area contributed by atoms with Crippen LogP contribution < -0.4 is 0 Å². The van der Waals surface area contributed by atoms with E-state index in [9.17, 15) is 0 Å². The van der Waals surface area contributed by atoms with Gasteiger partial charge in [-0.15, -0.1) is 0 Å². The predicted octanol–water partition coefficient (Wildman–Crippen LogP) is 5.23. The third-order valence-corrected chi connectivity index (χ3v) is 2.97. The molecule has 0 aromatic rings. The van der Waals surface area contributed by atoms with E-state index in [1.807, 2.05) is 0 Å². The summed E-state index contributed by atoms with van der Waals surface area (Å²) in [7, 11) is 0. The Morgan fingerprint density at radius 2 is 1.43 bits per heavy atom. The van der Waals surface area contributed by atoms with E-state index in [4.69, 9.17) is 0 Å². The summed E-state index contributed by atoms with van der Waals surface area (Å²) in [5, 5.41) is 0. The molecule has 2 atom stereocenters.